The molecule has 1 saturated carbocycles. The predicted molar refractivity (Wildman–Crippen MR) is 401 cm³/mol. The van der Waals surface area contributed by atoms with Crippen molar-refractivity contribution >= 4 is 83.9 Å². The van der Waals surface area contributed by atoms with Gasteiger partial charge in [-0.1, -0.05) is 115 Å². The molecule has 4 heterocycles. The predicted octanol–water partition coefficient (Wildman–Crippen LogP) is 13.1. The third kappa shape index (κ3) is 20.0. The molecule has 2 aliphatic carbocycles. The maximum Gasteiger partial charge on any atom is 0.501 e. The molecule has 4 aromatic carbocycles. The number of benzene rings is 4. The highest BCUT2D eigenvalue weighted by Crippen LogP contribution is 2.62. The van der Waals surface area contributed by atoms with E-state index in [0.29, 0.717) is 101 Å². The molecule has 19 nitrogen and oxygen atoms in total. The summed E-state index contributed by atoms with van der Waals surface area (Å²) in [4.78, 5) is 83.0. The Bertz CT molecular complexity index is 4080. The molecule has 10 rings (SSSR count). The Morgan fingerprint density at radius 2 is 1.48 bits per heavy atom. The van der Waals surface area contributed by atoms with E-state index in [1.165, 1.54) is 43.2 Å². The van der Waals surface area contributed by atoms with Crippen LogP contribution in [0, 0.1) is 29.1 Å². The van der Waals surface area contributed by atoms with E-state index < -0.39 is 70.3 Å². The van der Waals surface area contributed by atoms with Crippen LogP contribution in [0.4, 0.5) is 24.5 Å². The van der Waals surface area contributed by atoms with Crippen molar-refractivity contribution < 1.29 is 54.0 Å². The number of alkyl halides is 3. The van der Waals surface area contributed by atoms with E-state index in [1.807, 2.05) is 99.4 Å². The molecule has 3 aliphatic heterocycles. The van der Waals surface area contributed by atoms with E-state index in [-0.39, 0.29) is 53.8 Å². The van der Waals surface area contributed by atoms with Crippen molar-refractivity contribution in [3.05, 3.63) is 131 Å². The number of nitrogens with one attached hydrogen (secondary N) is 4. The van der Waals surface area contributed by atoms with Gasteiger partial charge in [0.15, 0.2) is 0 Å². The number of thiazole rings is 1. The van der Waals surface area contributed by atoms with Crippen molar-refractivity contribution in [2.24, 2.45) is 22.2 Å². The van der Waals surface area contributed by atoms with E-state index in [9.17, 15) is 54.0 Å². The molecular formula is C77H103F3N10O9S4. The van der Waals surface area contributed by atoms with Crippen LogP contribution in [0.3, 0.4) is 0 Å². The normalized spacial score (nSPS) is 20.8. The number of allylic oxidation sites excluding steroid dienone is 1. The number of sulfonamides is 1. The van der Waals surface area contributed by atoms with Crippen molar-refractivity contribution in [2.45, 2.75) is 190 Å². The van der Waals surface area contributed by atoms with Gasteiger partial charge in [0, 0.05) is 113 Å². The maximum absolute atomic E-state index is 14.6. The van der Waals surface area contributed by atoms with Crippen LogP contribution in [0.25, 0.3) is 10.4 Å². The molecule has 1 aromatic heterocycles. The largest absolute Gasteiger partial charge is 0.501 e. The number of unbranched alkanes of at least 4 members (excludes halogenated alkanes) is 2. The SMILES string of the molecule is CCC1(C)CC1C1=C(CN2CCN(c3ccc(C(=O)NS(=O)(=O)c4ccc(NC(CCN5CCN(C(=O)CCCCCC(=O)NC(C(=O)N6CCCC6C(=O)NC(C)c6ccc(-c7scnc7C)cc6)C(C)(C)C)CC5)CSc5ccccc5)c(S(=O)(=O)C(F)(F)F)c4)cc3)CC2)CCC(C)(C)C1. The first-order valence-electron chi connectivity index (χ1n) is 36.4. The Kier molecular flexibility index (Phi) is 25.5. The van der Waals surface area contributed by atoms with Gasteiger partial charge in [0.05, 0.1) is 32.7 Å². The van der Waals surface area contributed by atoms with Crippen LogP contribution in [-0.2, 0) is 39.0 Å². The maximum atomic E-state index is 14.6. The summed E-state index contributed by atoms with van der Waals surface area (Å²) in [6, 6.07) is 23.6. The second-order valence-electron chi connectivity index (χ2n) is 30.8. The lowest BCUT2D eigenvalue weighted by Crippen LogP contribution is -2.57. The van der Waals surface area contributed by atoms with E-state index in [4.69, 9.17) is 0 Å². The Hall–Kier alpha value is -6.84. The smallest absolute Gasteiger partial charge is 0.380 e. The summed E-state index contributed by atoms with van der Waals surface area (Å²) in [5.74, 6) is -0.964. The van der Waals surface area contributed by atoms with Crippen molar-refractivity contribution in [2.75, 3.05) is 88.0 Å². The molecule has 0 radical (unpaired) electrons. The quantitative estimate of drug-likeness (QED) is 0.0198. The highest BCUT2D eigenvalue weighted by Gasteiger charge is 2.52. The summed E-state index contributed by atoms with van der Waals surface area (Å²) in [5.41, 5.74) is 2.67. The topological polar surface area (TPSA) is 231 Å². The molecule has 560 valence electrons. The van der Waals surface area contributed by atoms with Gasteiger partial charge >= 0.3 is 5.51 Å². The third-order valence-electron chi connectivity index (χ3n) is 21.6. The number of hydrogen-bond donors (Lipinski definition) is 4. The lowest BCUT2D eigenvalue weighted by molar-refractivity contribution is -0.144. The first-order chi connectivity index (χ1) is 48.7. The fourth-order valence-electron chi connectivity index (χ4n) is 14.7. The number of amides is 5. The summed E-state index contributed by atoms with van der Waals surface area (Å²) >= 11 is 2.98. The van der Waals surface area contributed by atoms with Gasteiger partial charge in [-0.3, -0.25) is 33.8 Å². The van der Waals surface area contributed by atoms with Crippen LogP contribution in [-0.4, -0.2) is 172 Å². The van der Waals surface area contributed by atoms with E-state index in [1.54, 1.807) is 44.4 Å². The zero-order valence-electron chi connectivity index (χ0n) is 61.0. The number of carbonyl (C=O) groups is 5. The number of carbonyl (C=O) groups excluding carboxylic acids is 5. The van der Waals surface area contributed by atoms with Crippen LogP contribution in [0.1, 0.15) is 167 Å². The molecule has 0 spiro atoms. The van der Waals surface area contributed by atoms with Crippen LogP contribution in [0.5, 0.6) is 0 Å². The molecule has 0 bridgehead atoms. The number of piperazine rings is 2. The molecule has 4 fully saturated rings. The number of aryl methyl sites for hydroxylation is 1. The van der Waals surface area contributed by atoms with E-state index >= 15 is 0 Å². The van der Waals surface area contributed by atoms with Gasteiger partial charge in [-0.2, -0.15) is 13.2 Å². The minimum Gasteiger partial charge on any atom is -0.380 e. The Labute approximate surface area is 615 Å². The molecule has 103 heavy (non-hydrogen) atoms. The number of anilines is 2. The van der Waals surface area contributed by atoms with Gasteiger partial charge in [0.1, 0.15) is 17.0 Å². The van der Waals surface area contributed by atoms with Gasteiger partial charge < -0.3 is 30.7 Å². The fourth-order valence-corrected chi connectivity index (χ4v) is 18.6. The third-order valence-corrected chi connectivity index (χ3v) is 26.6. The number of aromatic nitrogens is 1. The number of nitrogens with zero attached hydrogens (tertiary/aromatic N) is 6. The van der Waals surface area contributed by atoms with E-state index in [0.717, 1.165) is 90.0 Å². The number of rotatable bonds is 29. The average molecular weight is 1500 g/mol. The molecule has 5 aromatic rings. The molecule has 26 heteroatoms. The van der Waals surface area contributed by atoms with Crippen LogP contribution in [0.15, 0.2) is 128 Å². The minimum absolute atomic E-state index is 0.0169. The molecule has 5 aliphatic rings. The summed E-state index contributed by atoms with van der Waals surface area (Å²) in [6.45, 7) is 25.9. The van der Waals surface area contributed by atoms with Gasteiger partial charge in [-0.25, -0.2) is 26.5 Å². The first kappa shape index (κ1) is 78.7. The highest BCUT2D eigenvalue weighted by atomic mass is 32.2. The second kappa shape index (κ2) is 33.3. The monoisotopic (exact) mass is 1500 g/mol. The number of thioether (sulfide) groups is 1. The second-order valence-corrected chi connectivity index (χ2v) is 36.3. The molecule has 3 saturated heterocycles. The Balaban J connectivity index is 0.684. The standard InChI is InChI=1S/C77H103F3N10O9S4/c1-10-76(9)48-63(76)62-47-75(7,8)35-33-57(62)49-87-40-42-88(43-41-87)59-29-27-56(28-30-59)71(93)85-103(98,99)61-31-32-64(66(46-61)102(96,97)77(78,79)80)83-58(50-100-60-18-13-11-14-19-60)34-37-86-38-44-89(45-39-86)68(92)22-16-12-15-21-67(91)84-70(74(4,5)6)73(95)90-36-17-20-65(90)72(94)82-52(2)54-23-25-55(26-24-54)69-53(3)81-51-101-69/h11,13-14,18-19,23-32,46,51-52,58,63,65,70,83H,10,12,15-17,20-22,33-45,47-50H2,1-9H3,(H,82,94)(H,84,91)(H,85,93). The first-order valence-corrected chi connectivity index (χ1v) is 41.2. The van der Waals surface area contributed by atoms with Crippen LogP contribution < -0.4 is 25.6 Å². The number of sulfone groups is 1. The van der Waals surface area contributed by atoms with Gasteiger partial charge in [0.25, 0.3) is 25.8 Å². The summed E-state index contributed by atoms with van der Waals surface area (Å²) in [7, 11) is -11.1. The number of halogens is 3. The lowest BCUT2D eigenvalue weighted by Gasteiger charge is -2.39. The van der Waals surface area contributed by atoms with Crippen molar-refractivity contribution in [1.82, 2.24) is 39.9 Å². The average Bonchev–Trinajstić information content (AvgIpc) is 1.61. The van der Waals surface area contributed by atoms with Crippen LogP contribution >= 0.6 is 23.1 Å². The number of likely N-dealkylation sites (tertiary alicyclic amines) is 1. The summed E-state index contributed by atoms with van der Waals surface area (Å²) in [5, 5.41) is 9.12. The van der Waals surface area contributed by atoms with E-state index in [2.05, 4.69) is 63.3 Å². The Morgan fingerprint density at radius 3 is 2.12 bits per heavy atom. The molecule has 4 N–H and O–H groups in total. The molecule has 6 unspecified atom stereocenters. The lowest BCUT2D eigenvalue weighted by atomic mass is 9.72. The van der Waals surface area contributed by atoms with Crippen molar-refractivity contribution in [3.8, 4) is 10.4 Å². The number of hydrogen-bond acceptors (Lipinski definition) is 16. The molecular weight excluding hydrogens is 1390 g/mol. The van der Waals surface area contributed by atoms with Crippen molar-refractivity contribution in [1.29, 1.82) is 0 Å². The Morgan fingerprint density at radius 1 is 0.796 bits per heavy atom. The molecule has 5 amide bonds. The van der Waals surface area contributed by atoms with Gasteiger partial charge in [0.2, 0.25) is 23.6 Å². The minimum atomic E-state index is -6.17. The summed E-state index contributed by atoms with van der Waals surface area (Å²) < 4.78 is 100. The van der Waals surface area contributed by atoms with Crippen LogP contribution in [0.2, 0.25) is 0 Å². The summed E-state index contributed by atoms with van der Waals surface area (Å²) in [6.07, 6.45) is 9.45. The highest BCUT2D eigenvalue weighted by molar-refractivity contribution is 7.99. The van der Waals surface area contributed by atoms with Gasteiger partial charge in [-0.15, -0.1) is 23.1 Å². The zero-order valence-corrected chi connectivity index (χ0v) is 64.3. The molecule has 6 atom stereocenters. The fraction of sp³-hybridized carbons (Fsp3) is 0.558. The zero-order chi connectivity index (χ0) is 74.2. The van der Waals surface area contributed by atoms with Crippen molar-refractivity contribution in [3.63, 3.8) is 0 Å². The van der Waals surface area contributed by atoms with Gasteiger partial charge in [-0.05, 0) is 160 Å².